The van der Waals surface area contributed by atoms with Crippen LogP contribution in [0.2, 0.25) is 0 Å². The Morgan fingerprint density at radius 2 is 1.23 bits per heavy atom. The quantitative estimate of drug-likeness (QED) is 0.332. The lowest BCUT2D eigenvalue weighted by molar-refractivity contribution is -0.132. The third-order valence-corrected chi connectivity index (χ3v) is 4.16. The molecular formula is C25H24O6. The molecule has 0 aromatic heterocycles. The van der Waals surface area contributed by atoms with Crippen LogP contribution in [0.1, 0.15) is 27.2 Å². The van der Waals surface area contributed by atoms with Crippen molar-refractivity contribution in [3.8, 4) is 28.4 Å². The fourth-order valence-corrected chi connectivity index (χ4v) is 2.26. The lowest BCUT2D eigenvalue weighted by atomic mass is 10.0. The molecule has 2 aromatic rings. The van der Waals surface area contributed by atoms with E-state index >= 15 is 0 Å². The molecule has 0 bridgehead atoms. The first kappa shape index (κ1) is 23.3. The van der Waals surface area contributed by atoms with Crippen molar-refractivity contribution in [1.29, 1.82) is 0 Å². The van der Waals surface area contributed by atoms with Gasteiger partial charge >= 0.3 is 17.9 Å². The smallest absolute Gasteiger partial charge is 0.338 e. The molecule has 0 N–H and O–H groups in total. The fraction of sp³-hybridized carbons (Fsp3) is 0.160. The number of ether oxygens (including phenoxy) is 3. The van der Waals surface area contributed by atoms with Crippen LogP contribution in [0.4, 0.5) is 0 Å². The molecule has 2 aromatic carbocycles. The zero-order valence-corrected chi connectivity index (χ0v) is 17.8. The minimum Gasteiger partial charge on any atom is -0.423 e. The van der Waals surface area contributed by atoms with Gasteiger partial charge in [-0.15, -0.1) is 0 Å². The van der Waals surface area contributed by atoms with Gasteiger partial charge in [0, 0.05) is 16.7 Å². The SMILES string of the molecule is C=C(C)C(=O)Oc1ccc(-c2ccc(OC(=O)C(=C)CC)c(OC(=O)C(=C)C)c2)cc1. The molecule has 6 heteroatoms. The lowest BCUT2D eigenvalue weighted by Gasteiger charge is -2.13. The van der Waals surface area contributed by atoms with Crippen molar-refractivity contribution in [3.05, 3.63) is 78.9 Å². The molecule has 0 fully saturated rings. The standard InChI is InChI=1S/C25H24O6/c1-7-17(6)25(28)30-21-13-10-19(14-22(21)31-24(27)16(4)5)18-8-11-20(12-9-18)29-23(26)15(2)3/h8-14H,2,4,6-7H2,1,3,5H3. The topological polar surface area (TPSA) is 78.9 Å². The zero-order valence-electron chi connectivity index (χ0n) is 17.8. The summed E-state index contributed by atoms with van der Waals surface area (Å²) in [6.07, 6.45) is 0.431. The Kier molecular flexibility index (Phi) is 7.69. The molecule has 160 valence electrons. The van der Waals surface area contributed by atoms with E-state index in [0.29, 0.717) is 28.9 Å². The van der Waals surface area contributed by atoms with Gasteiger partial charge in [-0.3, -0.25) is 0 Å². The summed E-state index contributed by atoms with van der Waals surface area (Å²) in [4.78, 5) is 35.8. The Labute approximate surface area is 181 Å². The predicted octanol–water partition coefficient (Wildman–Crippen LogP) is 5.19. The highest BCUT2D eigenvalue weighted by Gasteiger charge is 2.17. The van der Waals surface area contributed by atoms with Gasteiger partial charge in [-0.05, 0) is 55.7 Å². The minimum atomic E-state index is -0.647. The van der Waals surface area contributed by atoms with E-state index in [1.54, 1.807) is 50.2 Å². The minimum absolute atomic E-state index is 0.0699. The van der Waals surface area contributed by atoms with Gasteiger partial charge in [0.05, 0.1) is 0 Å². The van der Waals surface area contributed by atoms with E-state index < -0.39 is 17.9 Å². The molecule has 6 nitrogen and oxygen atoms in total. The summed E-state index contributed by atoms with van der Waals surface area (Å²) in [5.41, 5.74) is 2.24. The molecule has 0 aliphatic heterocycles. The van der Waals surface area contributed by atoms with Crippen LogP contribution in [0.3, 0.4) is 0 Å². The van der Waals surface area contributed by atoms with E-state index in [-0.39, 0.29) is 17.1 Å². The molecule has 0 heterocycles. The highest BCUT2D eigenvalue weighted by molar-refractivity contribution is 5.92. The van der Waals surface area contributed by atoms with Crippen LogP contribution in [0.15, 0.2) is 78.9 Å². The van der Waals surface area contributed by atoms with E-state index in [1.165, 1.54) is 13.0 Å². The summed E-state index contributed by atoms with van der Waals surface area (Å²) in [6.45, 7) is 15.6. The summed E-state index contributed by atoms with van der Waals surface area (Å²) >= 11 is 0. The second kappa shape index (κ2) is 10.2. The Morgan fingerprint density at radius 1 is 0.710 bits per heavy atom. The number of benzene rings is 2. The number of carbonyl (C=O) groups excluding carboxylic acids is 3. The molecule has 0 saturated carbocycles. The van der Waals surface area contributed by atoms with Crippen molar-refractivity contribution < 1.29 is 28.6 Å². The molecule has 0 amide bonds. The third kappa shape index (κ3) is 6.27. The largest absolute Gasteiger partial charge is 0.423 e. The normalized spacial score (nSPS) is 10.0. The van der Waals surface area contributed by atoms with Gasteiger partial charge in [-0.25, -0.2) is 14.4 Å². The van der Waals surface area contributed by atoms with E-state index in [1.807, 2.05) is 0 Å². The zero-order chi connectivity index (χ0) is 23.1. The average molecular weight is 420 g/mol. The summed E-state index contributed by atoms with van der Waals surface area (Å²) in [5.74, 6) is -1.24. The molecule has 2 rings (SSSR count). The maximum Gasteiger partial charge on any atom is 0.338 e. The van der Waals surface area contributed by atoms with Gasteiger partial charge in [0.2, 0.25) is 0 Å². The number of esters is 3. The average Bonchev–Trinajstić information content (AvgIpc) is 2.74. The molecule has 0 spiro atoms. The van der Waals surface area contributed by atoms with Crippen molar-refractivity contribution in [2.24, 2.45) is 0 Å². The number of carbonyl (C=O) groups is 3. The number of hydrogen-bond donors (Lipinski definition) is 0. The molecule has 0 radical (unpaired) electrons. The van der Waals surface area contributed by atoms with Gasteiger partial charge in [-0.1, -0.05) is 44.9 Å². The maximum atomic E-state index is 12.1. The van der Waals surface area contributed by atoms with Gasteiger partial charge < -0.3 is 14.2 Å². The van der Waals surface area contributed by atoms with Gasteiger partial charge in [-0.2, -0.15) is 0 Å². The summed E-state index contributed by atoms with van der Waals surface area (Å²) < 4.78 is 15.9. The van der Waals surface area contributed by atoms with Crippen LogP contribution in [-0.4, -0.2) is 17.9 Å². The molecule has 31 heavy (non-hydrogen) atoms. The van der Waals surface area contributed by atoms with Crippen molar-refractivity contribution in [3.63, 3.8) is 0 Å². The summed E-state index contributed by atoms with van der Waals surface area (Å²) in [7, 11) is 0. The second-order valence-corrected chi connectivity index (χ2v) is 6.87. The predicted molar refractivity (Wildman–Crippen MR) is 118 cm³/mol. The van der Waals surface area contributed by atoms with Crippen LogP contribution in [0.25, 0.3) is 11.1 Å². The van der Waals surface area contributed by atoms with E-state index in [2.05, 4.69) is 19.7 Å². The highest BCUT2D eigenvalue weighted by Crippen LogP contribution is 2.34. The van der Waals surface area contributed by atoms with E-state index in [4.69, 9.17) is 14.2 Å². The van der Waals surface area contributed by atoms with Crippen molar-refractivity contribution in [1.82, 2.24) is 0 Å². The monoisotopic (exact) mass is 420 g/mol. The number of rotatable bonds is 8. The molecule has 0 atom stereocenters. The summed E-state index contributed by atoms with van der Waals surface area (Å²) in [5, 5.41) is 0. The van der Waals surface area contributed by atoms with E-state index in [9.17, 15) is 14.4 Å². The van der Waals surface area contributed by atoms with Crippen LogP contribution in [0, 0.1) is 0 Å². The Morgan fingerprint density at radius 3 is 1.77 bits per heavy atom. The lowest BCUT2D eigenvalue weighted by Crippen LogP contribution is -2.13. The first-order valence-electron chi connectivity index (χ1n) is 9.52. The Bertz CT molecular complexity index is 1060. The van der Waals surface area contributed by atoms with Crippen LogP contribution in [0.5, 0.6) is 17.2 Å². The van der Waals surface area contributed by atoms with Crippen LogP contribution in [-0.2, 0) is 14.4 Å². The molecule has 0 unspecified atom stereocenters. The molecular weight excluding hydrogens is 396 g/mol. The highest BCUT2D eigenvalue weighted by atomic mass is 16.6. The summed E-state index contributed by atoms with van der Waals surface area (Å²) in [6, 6.07) is 11.6. The van der Waals surface area contributed by atoms with Crippen molar-refractivity contribution in [2.75, 3.05) is 0 Å². The first-order valence-corrected chi connectivity index (χ1v) is 9.52. The molecule has 0 saturated heterocycles. The second-order valence-electron chi connectivity index (χ2n) is 6.87. The van der Waals surface area contributed by atoms with Crippen molar-refractivity contribution >= 4 is 17.9 Å². The van der Waals surface area contributed by atoms with Crippen LogP contribution >= 0.6 is 0 Å². The maximum absolute atomic E-state index is 12.1. The van der Waals surface area contributed by atoms with Gasteiger partial charge in [0.1, 0.15) is 5.75 Å². The van der Waals surface area contributed by atoms with Gasteiger partial charge in [0.15, 0.2) is 11.5 Å². The van der Waals surface area contributed by atoms with Gasteiger partial charge in [0.25, 0.3) is 0 Å². The first-order chi connectivity index (χ1) is 14.6. The third-order valence-electron chi connectivity index (χ3n) is 4.16. The van der Waals surface area contributed by atoms with Crippen molar-refractivity contribution in [2.45, 2.75) is 27.2 Å². The number of hydrogen-bond acceptors (Lipinski definition) is 6. The molecule has 0 aliphatic rings. The Hall–Kier alpha value is -3.93. The molecule has 0 aliphatic carbocycles. The Balaban J connectivity index is 2.36. The van der Waals surface area contributed by atoms with Crippen LogP contribution < -0.4 is 14.2 Å². The van der Waals surface area contributed by atoms with E-state index in [0.717, 1.165) is 5.56 Å². The fourth-order valence-electron chi connectivity index (χ4n) is 2.26.